The molecule has 8 heteroatoms. The first-order valence-corrected chi connectivity index (χ1v) is 11.1. The van der Waals surface area contributed by atoms with Crippen molar-refractivity contribution in [3.8, 4) is 0 Å². The molecular formula is C24H30N4O4. The van der Waals surface area contributed by atoms with Crippen molar-refractivity contribution >= 4 is 28.9 Å². The zero-order chi connectivity index (χ0) is 23.3. The van der Waals surface area contributed by atoms with E-state index in [-0.39, 0.29) is 23.2 Å². The van der Waals surface area contributed by atoms with Crippen LogP contribution >= 0.6 is 0 Å². The third-order valence-electron chi connectivity index (χ3n) is 5.85. The van der Waals surface area contributed by atoms with E-state index in [4.69, 9.17) is 0 Å². The van der Waals surface area contributed by atoms with Gasteiger partial charge in [0.1, 0.15) is 0 Å². The van der Waals surface area contributed by atoms with Crippen molar-refractivity contribution in [2.24, 2.45) is 0 Å². The van der Waals surface area contributed by atoms with Gasteiger partial charge < -0.3 is 15.5 Å². The van der Waals surface area contributed by atoms with E-state index >= 15 is 0 Å². The number of nitro benzene ring substituents is 1. The fourth-order valence-electron chi connectivity index (χ4n) is 3.76. The smallest absolute Gasteiger partial charge is 0.273 e. The Balaban J connectivity index is 1.89. The van der Waals surface area contributed by atoms with Crippen LogP contribution in [0.1, 0.15) is 65.8 Å². The zero-order valence-electron chi connectivity index (χ0n) is 18.8. The molecule has 2 amide bonds. The van der Waals surface area contributed by atoms with Crippen molar-refractivity contribution in [3.05, 3.63) is 63.2 Å². The molecule has 2 aromatic rings. The SMILES string of the molecule is CCC(C)NC(=O)c1cc(NC(=O)c2ccc(C)c([N+](=O)[O-])c2)ccc1N1CCCCC1. The minimum Gasteiger partial charge on any atom is -0.371 e. The van der Waals surface area contributed by atoms with Crippen LogP contribution in [0.25, 0.3) is 0 Å². The Bertz CT molecular complexity index is 1020. The Morgan fingerprint density at radius 1 is 1.09 bits per heavy atom. The van der Waals surface area contributed by atoms with Gasteiger partial charge in [-0.2, -0.15) is 0 Å². The highest BCUT2D eigenvalue weighted by molar-refractivity contribution is 6.06. The number of carbonyl (C=O) groups excluding carboxylic acids is 2. The summed E-state index contributed by atoms with van der Waals surface area (Å²) in [7, 11) is 0. The predicted molar refractivity (Wildman–Crippen MR) is 126 cm³/mol. The van der Waals surface area contributed by atoms with E-state index in [1.54, 1.807) is 31.2 Å². The average Bonchev–Trinajstić information content (AvgIpc) is 2.79. The minimum absolute atomic E-state index is 0.0306. The maximum Gasteiger partial charge on any atom is 0.273 e. The Morgan fingerprint density at radius 3 is 2.47 bits per heavy atom. The molecule has 1 aliphatic heterocycles. The van der Waals surface area contributed by atoms with Crippen LogP contribution < -0.4 is 15.5 Å². The van der Waals surface area contributed by atoms with Crippen LogP contribution in [0.2, 0.25) is 0 Å². The second-order valence-corrected chi connectivity index (χ2v) is 8.27. The number of piperidine rings is 1. The topological polar surface area (TPSA) is 105 Å². The lowest BCUT2D eigenvalue weighted by molar-refractivity contribution is -0.385. The molecule has 0 bridgehead atoms. The number of anilines is 2. The Labute approximate surface area is 188 Å². The number of aryl methyl sites for hydroxylation is 1. The van der Waals surface area contributed by atoms with Gasteiger partial charge in [-0.05, 0) is 63.8 Å². The number of benzene rings is 2. The van der Waals surface area contributed by atoms with Gasteiger partial charge in [0.25, 0.3) is 17.5 Å². The standard InChI is InChI=1S/C24H30N4O4/c1-4-17(3)25-24(30)20-15-19(10-11-21(20)27-12-6-5-7-13-27)26-23(29)18-9-8-16(2)22(14-18)28(31)32/h8-11,14-15,17H,4-7,12-13H2,1-3H3,(H,25,30)(H,26,29). The van der Waals surface area contributed by atoms with E-state index in [0.717, 1.165) is 38.0 Å². The third-order valence-corrected chi connectivity index (χ3v) is 5.85. The van der Waals surface area contributed by atoms with Gasteiger partial charge in [-0.3, -0.25) is 19.7 Å². The maximum absolute atomic E-state index is 13.0. The van der Waals surface area contributed by atoms with Crippen molar-refractivity contribution in [3.63, 3.8) is 0 Å². The summed E-state index contributed by atoms with van der Waals surface area (Å²) in [5.41, 5.74) is 2.41. The molecule has 8 nitrogen and oxygen atoms in total. The lowest BCUT2D eigenvalue weighted by atomic mass is 10.0. The van der Waals surface area contributed by atoms with E-state index in [2.05, 4.69) is 15.5 Å². The van der Waals surface area contributed by atoms with Gasteiger partial charge in [0.15, 0.2) is 0 Å². The number of nitro groups is 1. The molecule has 1 atom stereocenters. The van der Waals surface area contributed by atoms with Gasteiger partial charge in [0.05, 0.1) is 10.5 Å². The quantitative estimate of drug-likeness (QED) is 0.483. The Kier molecular flexibility index (Phi) is 7.45. The van der Waals surface area contributed by atoms with Gasteiger partial charge in [0.2, 0.25) is 0 Å². The average molecular weight is 439 g/mol. The first-order valence-electron chi connectivity index (χ1n) is 11.1. The summed E-state index contributed by atoms with van der Waals surface area (Å²) in [4.78, 5) is 38.7. The number of hydrogen-bond donors (Lipinski definition) is 2. The Hall–Kier alpha value is -3.42. The molecule has 1 fully saturated rings. The molecule has 1 saturated heterocycles. The van der Waals surface area contributed by atoms with Crippen LogP contribution in [0.15, 0.2) is 36.4 Å². The number of nitrogens with one attached hydrogen (secondary N) is 2. The molecule has 1 unspecified atom stereocenters. The summed E-state index contributed by atoms with van der Waals surface area (Å²) in [5.74, 6) is -0.644. The molecule has 0 aliphatic carbocycles. The molecule has 0 spiro atoms. The molecule has 2 N–H and O–H groups in total. The number of nitrogens with zero attached hydrogens (tertiary/aromatic N) is 2. The highest BCUT2D eigenvalue weighted by atomic mass is 16.6. The highest BCUT2D eigenvalue weighted by Crippen LogP contribution is 2.28. The van der Waals surface area contributed by atoms with Crippen LogP contribution in [0.5, 0.6) is 0 Å². The summed E-state index contributed by atoms with van der Waals surface area (Å²) >= 11 is 0. The number of rotatable bonds is 7. The van der Waals surface area contributed by atoms with Crippen LogP contribution in [0, 0.1) is 17.0 Å². The molecule has 1 aliphatic rings. The number of carbonyl (C=O) groups is 2. The Morgan fingerprint density at radius 2 is 1.81 bits per heavy atom. The van der Waals surface area contributed by atoms with Gasteiger partial charge in [-0.15, -0.1) is 0 Å². The lowest BCUT2D eigenvalue weighted by Crippen LogP contribution is -2.35. The van der Waals surface area contributed by atoms with Gasteiger partial charge in [-0.25, -0.2) is 0 Å². The summed E-state index contributed by atoms with van der Waals surface area (Å²) in [5, 5.41) is 17.0. The second kappa shape index (κ2) is 10.3. The van der Waals surface area contributed by atoms with E-state index in [1.165, 1.54) is 12.5 Å². The lowest BCUT2D eigenvalue weighted by Gasteiger charge is -2.31. The van der Waals surface area contributed by atoms with Gasteiger partial charge in [0, 0.05) is 47.7 Å². The van der Waals surface area contributed by atoms with E-state index < -0.39 is 10.8 Å². The fourth-order valence-corrected chi connectivity index (χ4v) is 3.76. The third kappa shape index (κ3) is 5.43. The molecule has 32 heavy (non-hydrogen) atoms. The summed E-state index contributed by atoms with van der Waals surface area (Å²) in [6.45, 7) is 7.37. The summed E-state index contributed by atoms with van der Waals surface area (Å²) < 4.78 is 0. The van der Waals surface area contributed by atoms with Crippen molar-refractivity contribution in [2.45, 2.75) is 52.5 Å². The highest BCUT2D eigenvalue weighted by Gasteiger charge is 2.21. The van der Waals surface area contributed by atoms with E-state index in [0.29, 0.717) is 16.8 Å². The molecule has 2 aromatic carbocycles. The molecule has 170 valence electrons. The van der Waals surface area contributed by atoms with Crippen LogP contribution in [-0.4, -0.2) is 35.9 Å². The zero-order valence-corrected chi connectivity index (χ0v) is 18.8. The van der Waals surface area contributed by atoms with Crippen molar-refractivity contribution < 1.29 is 14.5 Å². The molecule has 3 rings (SSSR count). The van der Waals surface area contributed by atoms with E-state index in [9.17, 15) is 19.7 Å². The van der Waals surface area contributed by atoms with Crippen LogP contribution in [-0.2, 0) is 0 Å². The maximum atomic E-state index is 13.0. The minimum atomic E-state index is -0.503. The van der Waals surface area contributed by atoms with Gasteiger partial charge >= 0.3 is 0 Å². The molecule has 0 radical (unpaired) electrons. The fraction of sp³-hybridized carbons (Fsp3) is 0.417. The predicted octanol–water partition coefficient (Wildman–Crippen LogP) is 4.67. The van der Waals surface area contributed by atoms with Crippen LogP contribution in [0.3, 0.4) is 0 Å². The second-order valence-electron chi connectivity index (χ2n) is 8.27. The summed E-state index contributed by atoms with van der Waals surface area (Å²) in [6, 6.07) is 9.72. The first-order chi connectivity index (χ1) is 15.3. The van der Waals surface area contributed by atoms with Crippen molar-refractivity contribution in [1.82, 2.24) is 5.32 Å². The largest absolute Gasteiger partial charge is 0.371 e. The van der Waals surface area contributed by atoms with Crippen LogP contribution in [0.4, 0.5) is 17.1 Å². The summed E-state index contributed by atoms with van der Waals surface area (Å²) in [6.07, 6.45) is 4.16. The first kappa shape index (κ1) is 23.2. The monoisotopic (exact) mass is 438 g/mol. The van der Waals surface area contributed by atoms with Gasteiger partial charge in [-0.1, -0.05) is 13.0 Å². The molecule has 1 heterocycles. The molecular weight excluding hydrogens is 408 g/mol. The number of hydrogen-bond acceptors (Lipinski definition) is 5. The molecule has 0 saturated carbocycles. The number of amides is 2. The van der Waals surface area contributed by atoms with Crippen molar-refractivity contribution in [2.75, 3.05) is 23.3 Å². The molecule has 0 aromatic heterocycles. The normalized spacial score (nSPS) is 14.5. The van der Waals surface area contributed by atoms with Crippen molar-refractivity contribution in [1.29, 1.82) is 0 Å². The van der Waals surface area contributed by atoms with E-state index in [1.807, 2.05) is 19.9 Å².